The Labute approximate surface area is 133 Å². The van der Waals surface area contributed by atoms with Crippen molar-refractivity contribution in [2.45, 2.75) is 58.0 Å². The number of rotatable bonds is 6. The molecule has 2 rings (SSSR count). The SMILES string of the molecule is C[C@H]1CCC[C@@H](OCC(=O)NCc2nccn2CC(F)(F)F)C1. The fourth-order valence-electron chi connectivity index (χ4n) is 2.80. The normalized spacial score (nSPS) is 22.1. The van der Waals surface area contributed by atoms with Crippen molar-refractivity contribution in [1.29, 1.82) is 0 Å². The van der Waals surface area contributed by atoms with Crippen LogP contribution in [0.2, 0.25) is 0 Å². The maximum atomic E-state index is 12.4. The van der Waals surface area contributed by atoms with Gasteiger partial charge in [0.15, 0.2) is 0 Å². The van der Waals surface area contributed by atoms with Gasteiger partial charge in [0, 0.05) is 12.4 Å². The average molecular weight is 333 g/mol. The number of carbonyl (C=O) groups is 1. The molecule has 1 saturated carbocycles. The number of amides is 1. The van der Waals surface area contributed by atoms with E-state index in [2.05, 4.69) is 17.2 Å². The van der Waals surface area contributed by atoms with Crippen LogP contribution in [-0.2, 0) is 22.6 Å². The number of carbonyl (C=O) groups excluding carboxylic acids is 1. The Morgan fingerprint density at radius 3 is 2.96 bits per heavy atom. The van der Waals surface area contributed by atoms with E-state index in [1.165, 1.54) is 18.8 Å². The van der Waals surface area contributed by atoms with Gasteiger partial charge in [0.1, 0.15) is 19.0 Å². The Bertz CT molecular complexity index is 516. The van der Waals surface area contributed by atoms with E-state index in [-0.39, 0.29) is 31.0 Å². The fourth-order valence-corrected chi connectivity index (χ4v) is 2.80. The number of hydrogen-bond donors (Lipinski definition) is 1. The largest absolute Gasteiger partial charge is 0.406 e. The summed E-state index contributed by atoms with van der Waals surface area (Å²) in [6, 6.07) is 0. The van der Waals surface area contributed by atoms with Gasteiger partial charge in [0.05, 0.1) is 12.6 Å². The van der Waals surface area contributed by atoms with Crippen LogP contribution in [0.1, 0.15) is 38.4 Å². The molecular weight excluding hydrogens is 311 g/mol. The van der Waals surface area contributed by atoms with Crippen LogP contribution in [0, 0.1) is 5.92 Å². The predicted molar refractivity (Wildman–Crippen MR) is 77.5 cm³/mol. The number of aromatic nitrogens is 2. The highest BCUT2D eigenvalue weighted by molar-refractivity contribution is 5.77. The van der Waals surface area contributed by atoms with Crippen LogP contribution in [0.4, 0.5) is 13.2 Å². The zero-order valence-corrected chi connectivity index (χ0v) is 13.1. The summed E-state index contributed by atoms with van der Waals surface area (Å²) in [4.78, 5) is 15.6. The van der Waals surface area contributed by atoms with E-state index in [0.717, 1.165) is 23.8 Å². The Hall–Kier alpha value is -1.57. The number of ether oxygens (including phenoxy) is 1. The first-order valence-corrected chi connectivity index (χ1v) is 7.78. The molecular formula is C15H22F3N3O2. The molecule has 0 saturated heterocycles. The topological polar surface area (TPSA) is 56.1 Å². The average Bonchev–Trinajstić information content (AvgIpc) is 2.88. The molecule has 1 aliphatic rings. The van der Waals surface area contributed by atoms with Crippen molar-refractivity contribution in [3.8, 4) is 0 Å². The maximum Gasteiger partial charge on any atom is 0.406 e. The lowest BCUT2D eigenvalue weighted by atomic mass is 9.89. The van der Waals surface area contributed by atoms with Gasteiger partial charge in [-0.1, -0.05) is 19.8 Å². The Balaban J connectivity index is 1.73. The molecule has 130 valence electrons. The number of nitrogens with zero attached hydrogens (tertiary/aromatic N) is 2. The molecule has 2 atom stereocenters. The van der Waals surface area contributed by atoms with Gasteiger partial charge in [-0.2, -0.15) is 13.2 Å². The van der Waals surface area contributed by atoms with Crippen molar-refractivity contribution in [2.24, 2.45) is 5.92 Å². The van der Waals surface area contributed by atoms with Crippen LogP contribution in [0.25, 0.3) is 0 Å². The van der Waals surface area contributed by atoms with Gasteiger partial charge in [-0.25, -0.2) is 4.98 Å². The molecule has 1 amide bonds. The lowest BCUT2D eigenvalue weighted by molar-refractivity contribution is -0.141. The maximum absolute atomic E-state index is 12.4. The summed E-state index contributed by atoms with van der Waals surface area (Å²) in [6.07, 6.45) is 2.49. The van der Waals surface area contributed by atoms with Gasteiger partial charge in [-0.3, -0.25) is 4.79 Å². The Morgan fingerprint density at radius 2 is 2.26 bits per heavy atom. The molecule has 0 radical (unpaired) electrons. The van der Waals surface area contributed by atoms with E-state index >= 15 is 0 Å². The summed E-state index contributed by atoms with van der Waals surface area (Å²) in [6.45, 7) is 0.925. The highest BCUT2D eigenvalue weighted by atomic mass is 19.4. The second-order valence-electron chi connectivity index (χ2n) is 6.07. The monoisotopic (exact) mass is 333 g/mol. The third kappa shape index (κ3) is 6.21. The minimum atomic E-state index is -4.32. The Morgan fingerprint density at radius 1 is 1.48 bits per heavy atom. The van der Waals surface area contributed by atoms with Crippen LogP contribution in [0.5, 0.6) is 0 Å². The van der Waals surface area contributed by atoms with E-state index < -0.39 is 12.7 Å². The standard InChI is InChI=1S/C15H22F3N3O2/c1-11-3-2-4-12(7-11)23-9-14(22)20-8-13-19-5-6-21(13)10-15(16,17)18/h5-6,11-12H,2-4,7-10H2,1H3,(H,20,22)/t11-,12+/m0/s1. The van der Waals surface area contributed by atoms with Gasteiger partial charge in [-0.05, 0) is 18.8 Å². The summed E-state index contributed by atoms with van der Waals surface area (Å²) >= 11 is 0. The highest BCUT2D eigenvalue weighted by Crippen LogP contribution is 2.25. The van der Waals surface area contributed by atoms with Crippen molar-refractivity contribution in [3.05, 3.63) is 18.2 Å². The summed E-state index contributed by atoms with van der Waals surface area (Å²) in [5.74, 6) is 0.429. The van der Waals surface area contributed by atoms with Gasteiger partial charge in [-0.15, -0.1) is 0 Å². The van der Waals surface area contributed by atoms with Crippen molar-refractivity contribution in [2.75, 3.05) is 6.61 Å². The quantitative estimate of drug-likeness (QED) is 0.871. The van der Waals surface area contributed by atoms with Gasteiger partial charge in [0.25, 0.3) is 0 Å². The van der Waals surface area contributed by atoms with Crippen molar-refractivity contribution in [3.63, 3.8) is 0 Å². The first-order valence-electron chi connectivity index (χ1n) is 7.78. The van der Waals surface area contributed by atoms with E-state index in [0.29, 0.717) is 5.92 Å². The number of nitrogens with one attached hydrogen (secondary N) is 1. The molecule has 0 aromatic carbocycles. The molecule has 1 N–H and O–H groups in total. The molecule has 23 heavy (non-hydrogen) atoms. The lowest BCUT2D eigenvalue weighted by Gasteiger charge is -2.26. The molecule has 1 fully saturated rings. The summed E-state index contributed by atoms with van der Waals surface area (Å²) in [5.41, 5.74) is 0. The summed E-state index contributed by atoms with van der Waals surface area (Å²) in [5, 5.41) is 2.55. The van der Waals surface area contributed by atoms with Crippen LogP contribution in [-0.4, -0.2) is 34.3 Å². The third-order valence-electron chi connectivity index (χ3n) is 3.93. The Kier molecular flexibility index (Phi) is 6.04. The minimum Gasteiger partial charge on any atom is -0.368 e. The van der Waals surface area contributed by atoms with E-state index in [1.54, 1.807) is 0 Å². The van der Waals surface area contributed by atoms with Crippen molar-refractivity contribution in [1.82, 2.24) is 14.9 Å². The smallest absolute Gasteiger partial charge is 0.368 e. The summed E-state index contributed by atoms with van der Waals surface area (Å²) < 4.78 is 43.8. The third-order valence-corrected chi connectivity index (χ3v) is 3.93. The van der Waals surface area contributed by atoms with E-state index in [9.17, 15) is 18.0 Å². The van der Waals surface area contributed by atoms with Crippen molar-refractivity contribution >= 4 is 5.91 Å². The molecule has 5 nitrogen and oxygen atoms in total. The van der Waals surface area contributed by atoms with Crippen molar-refractivity contribution < 1.29 is 22.7 Å². The molecule has 1 aromatic rings. The van der Waals surface area contributed by atoms with Crippen LogP contribution < -0.4 is 5.32 Å². The zero-order valence-electron chi connectivity index (χ0n) is 13.1. The van der Waals surface area contributed by atoms with Crippen LogP contribution in [0.3, 0.4) is 0 Å². The zero-order chi connectivity index (χ0) is 16.9. The molecule has 0 bridgehead atoms. The number of alkyl halides is 3. The number of hydrogen-bond acceptors (Lipinski definition) is 3. The van der Waals surface area contributed by atoms with Crippen LogP contribution in [0.15, 0.2) is 12.4 Å². The first kappa shape index (κ1) is 17.8. The van der Waals surface area contributed by atoms with Gasteiger partial charge < -0.3 is 14.6 Å². The number of imidazole rings is 1. The highest BCUT2D eigenvalue weighted by Gasteiger charge is 2.28. The predicted octanol–water partition coefficient (Wildman–Crippen LogP) is 2.66. The first-order chi connectivity index (χ1) is 10.8. The molecule has 8 heteroatoms. The summed E-state index contributed by atoms with van der Waals surface area (Å²) in [7, 11) is 0. The van der Waals surface area contributed by atoms with Gasteiger partial charge >= 0.3 is 6.18 Å². The lowest BCUT2D eigenvalue weighted by Crippen LogP contribution is -2.32. The van der Waals surface area contributed by atoms with Crippen LogP contribution >= 0.6 is 0 Å². The van der Waals surface area contributed by atoms with E-state index in [4.69, 9.17) is 4.74 Å². The minimum absolute atomic E-state index is 0.0493. The molecule has 1 aliphatic carbocycles. The van der Waals surface area contributed by atoms with E-state index in [1.807, 2.05) is 0 Å². The number of halogens is 3. The van der Waals surface area contributed by atoms with Gasteiger partial charge in [0.2, 0.25) is 5.91 Å². The second kappa shape index (κ2) is 7.81. The molecule has 0 aliphatic heterocycles. The molecule has 1 heterocycles. The molecule has 0 unspecified atom stereocenters. The fraction of sp³-hybridized carbons (Fsp3) is 0.733. The second-order valence-corrected chi connectivity index (χ2v) is 6.07. The molecule has 1 aromatic heterocycles. The molecule has 0 spiro atoms.